The molecule has 0 atom stereocenters. The maximum Gasteiger partial charge on any atom is 0.166 e. The third kappa shape index (κ3) is 4.03. The summed E-state index contributed by atoms with van der Waals surface area (Å²) in [7, 11) is 0. The van der Waals surface area contributed by atoms with Crippen LogP contribution >= 0.6 is 0 Å². The van der Waals surface area contributed by atoms with E-state index >= 15 is 0 Å². The van der Waals surface area contributed by atoms with E-state index in [1.807, 2.05) is 44.2 Å². The Hall–Kier alpha value is -1.94. The van der Waals surface area contributed by atoms with Gasteiger partial charge in [-0.2, -0.15) is 0 Å². The molecule has 0 aliphatic heterocycles. The van der Waals surface area contributed by atoms with Crippen LogP contribution in [-0.4, -0.2) is 16.5 Å². The van der Waals surface area contributed by atoms with E-state index < -0.39 is 0 Å². The molecule has 0 radical (unpaired) electrons. The van der Waals surface area contributed by atoms with Crippen LogP contribution < -0.4 is 10.5 Å². The van der Waals surface area contributed by atoms with Gasteiger partial charge in [-0.1, -0.05) is 17.7 Å². The molecule has 0 saturated carbocycles. The Kier molecular flexibility index (Phi) is 4.47. The fourth-order valence-corrected chi connectivity index (χ4v) is 1.82. The first kappa shape index (κ1) is 13.5. The molecule has 2 rings (SSSR count). The van der Waals surface area contributed by atoms with E-state index in [2.05, 4.69) is 9.97 Å². The molecule has 0 spiro atoms. The molecule has 1 heterocycles. The summed E-state index contributed by atoms with van der Waals surface area (Å²) < 4.78 is 5.68. The van der Waals surface area contributed by atoms with Crippen molar-refractivity contribution in [3.63, 3.8) is 0 Å². The lowest BCUT2D eigenvalue weighted by Gasteiger charge is -2.08. The van der Waals surface area contributed by atoms with E-state index in [0.717, 1.165) is 23.6 Å². The second-order valence-corrected chi connectivity index (χ2v) is 4.56. The van der Waals surface area contributed by atoms with Crippen LogP contribution in [0.25, 0.3) is 0 Å². The molecule has 0 fully saturated rings. The topological polar surface area (TPSA) is 61.0 Å². The zero-order valence-corrected chi connectivity index (χ0v) is 11.4. The number of nitrogens with two attached hydrogens (primary N) is 1. The lowest BCUT2D eigenvalue weighted by Crippen LogP contribution is -2.09. The van der Waals surface area contributed by atoms with Crippen LogP contribution in [0, 0.1) is 13.8 Å². The van der Waals surface area contributed by atoms with E-state index in [1.165, 1.54) is 5.56 Å². The van der Waals surface area contributed by atoms with Gasteiger partial charge in [-0.15, -0.1) is 0 Å². The number of rotatable bonds is 5. The smallest absolute Gasteiger partial charge is 0.166 e. The first-order chi connectivity index (χ1) is 9.17. The highest BCUT2D eigenvalue weighted by Crippen LogP contribution is 2.13. The highest BCUT2D eigenvalue weighted by molar-refractivity contribution is 5.26. The molecule has 0 amide bonds. The third-order valence-corrected chi connectivity index (χ3v) is 2.74. The normalized spacial score (nSPS) is 10.5. The Labute approximate surface area is 113 Å². The van der Waals surface area contributed by atoms with Gasteiger partial charge in [-0.3, -0.25) is 0 Å². The van der Waals surface area contributed by atoms with Crippen molar-refractivity contribution in [2.45, 2.75) is 26.9 Å². The molecule has 100 valence electrons. The number of aromatic nitrogens is 2. The maximum absolute atomic E-state index is 5.68. The van der Waals surface area contributed by atoms with Gasteiger partial charge in [0.2, 0.25) is 0 Å². The summed E-state index contributed by atoms with van der Waals surface area (Å²) in [6.07, 6.45) is 0.765. The monoisotopic (exact) mass is 257 g/mol. The SMILES string of the molecule is Cc1ccc(OCc2nc(C)cc(CCN)n2)cc1. The zero-order chi connectivity index (χ0) is 13.7. The average molecular weight is 257 g/mol. The standard InChI is InChI=1S/C15H19N3O/c1-11-3-5-14(6-4-11)19-10-15-17-12(2)9-13(18-15)7-8-16/h3-6,9H,7-8,10,16H2,1-2H3. The first-order valence-electron chi connectivity index (χ1n) is 6.40. The fourth-order valence-electron chi connectivity index (χ4n) is 1.82. The number of aryl methyl sites for hydroxylation is 2. The molecular formula is C15H19N3O. The third-order valence-electron chi connectivity index (χ3n) is 2.74. The van der Waals surface area contributed by atoms with Crippen molar-refractivity contribution in [1.82, 2.24) is 9.97 Å². The Morgan fingerprint density at radius 1 is 1.11 bits per heavy atom. The average Bonchev–Trinajstić information content (AvgIpc) is 2.38. The number of benzene rings is 1. The van der Waals surface area contributed by atoms with Crippen molar-refractivity contribution in [1.29, 1.82) is 0 Å². The van der Waals surface area contributed by atoms with Crippen LogP contribution in [-0.2, 0) is 13.0 Å². The van der Waals surface area contributed by atoms with Crippen LogP contribution in [0.3, 0.4) is 0 Å². The predicted octanol–water partition coefficient (Wildman–Crippen LogP) is 2.17. The first-order valence-corrected chi connectivity index (χ1v) is 6.40. The molecule has 1 aromatic heterocycles. The maximum atomic E-state index is 5.68. The summed E-state index contributed by atoms with van der Waals surface area (Å²) in [6.45, 7) is 4.97. The summed E-state index contributed by atoms with van der Waals surface area (Å²) in [6, 6.07) is 9.90. The molecule has 2 N–H and O–H groups in total. The van der Waals surface area contributed by atoms with Crippen LogP contribution in [0.5, 0.6) is 5.75 Å². The predicted molar refractivity (Wildman–Crippen MR) is 75.0 cm³/mol. The summed E-state index contributed by atoms with van der Waals surface area (Å²) in [5.41, 5.74) is 8.68. The largest absolute Gasteiger partial charge is 0.486 e. The molecule has 19 heavy (non-hydrogen) atoms. The fraction of sp³-hybridized carbons (Fsp3) is 0.333. The van der Waals surface area contributed by atoms with Gasteiger partial charge in [-0.25, -0.2) is 9.97 Å². The van der Waals surface area contributed by atoms with Gasteiger partial charge in [0.15, 0.2) is 5.82 Å². The Morgan fingerprint density at radius 3 is 2.53 bits per heavy atom. The minimum Gasteiger partial charge on any atom is -0.486 e. The van der Waals surface area contributed by atoms with Gasteiger partial charge in [0.05, 0.1) is 0 Å². The van der Waals surface area contributed by atoms with Crippen molar-refractivity contribution in [3.05, 3.63) is 53.1 Å². The molecule has 4 heteroatoms. The summed E-state index contributed by atoms with van der Waals surface area (Å²) in [5, 5.41) is 0. The van der Waals surface area contributed by atoms with E-state index in [-0.39, 0.29) is 0 Å². The van der Waals surface area contributed by atoms with Gasteiger partial charge in [0, 0.05) is 17.8 Å². The van der Waals surface area contributed by atoms with Crippen molar-refractivity contribution >= 4 is 0 Å². The van der Waals surface area contributed by atoms with Gasteiger partial charge in [0.25, 0.3) is 0 Å². The van der Waals surface area contributed by atoms with Gasteiger partial charge < -0.3 is 10.5 Å². The molecule has 0 aliphatic rings. The van der Waals surface area contributed by atoms with Gasteiger partial charge >= 0.3 is 0 Å². The molecule has 2 aromatic rings. The zero-order valence-electron chi connectivity index (χ0n) is 11.4. The highest BCUT2D eigenvalue weighted by atomic mass is 16.5. The van der Waals surface area contributed by atoms with Crippen LogP contribution in [0.2, 0.25) is 0 Å². The Morgan fingerprint density at radius 2 is 1.84 bits per heavy atom. The van der Waals surface area contributed by atoms with Crippen molar-refractivity contribution in [3.8, 4) is 5.75 Å². The lowest BCUT2D eigenvalue weighted by atomic mass is 10.2. The molecular weight excluding hydrogens is 238 g/mol. The molecule has 0 saturated heterocycles. The molecule has 0 unspecified atom stereocenters. The van der Waals surface area contributed by atoms with Crippen molar-refractivity contribution in [2.24, 2.45) is 5.73 Å². The van der Waals surface area contributed by atoms with Crippen molar-refractivity contribution in [2.75, 3.05) is 6.54 Å². The number of ether oxygens (including phenoxy) is 1. The molecule has 1 aromatic carbocycles. The summed E-state index contributed by atoms with van der Waals surface area (Å²) in [4.78, 5) is 8.81. The quantitative estimate of drug-likeness (QED) is 0.891. The van der Waals surface area contributed by atoms with Crippen LogP contribution in [0.1, 0.15) is 22.8 Å². The van der Waals surface area contributed by atoms with E-state index in [4.69, 9.17) is 10.5 Å². The number of hydrogen-bond acceptors (Lipinski definition) is 4. The molecule has 0 aliphatic carbocycles. The Balaban J connectivity index is 2.04. The lowest BCUT2D eigenvalue weighted by molar-refractivity contribution is 0.295. The van der Waals surface area contributed by atoms with Crippen molar-refractivity contribution < 1.29 is 4.74 Å². The number of hydrogen-bond donors (Lipinski definition) is 1. The highest BCUT2D eigenvalue weighted by Gasteiger charge is 2.03. The Bertz CT molecular complexity index is 538. The van der Waals surface area contributed by atoms with E-state index in [9.17, 15) is 0 Å². The van der Waals surface area contributed by atoms with Gasteiger partial charge in [-0.05, 0) is 38.6 Å². The minimum atomic E-state index is 0.377. The van der Waals surface area contributed by atoms with E-state index in [1.54, 1.807) is 0 Å². The minimum absolute atomic E-state index is 0.377. The molecule has 0 bridgehead atoms. The molecule has 4 nitrogen and oxygen atoms in total. The summed E-state index contributed by atoms with van der Waals surface area (Å²) in [5.74, 6) is 1.53. The van der Waals surface area contributed by atoms with Gasteiger partial charge in [0.1, 0.15) is 12.4 Å². The van der Waals surface area contributed by atoms with E-state index in [0.29, 0.717) is 19.0 Å². The number of nitrogens with zero attached hydrogens (tertiary/aromatic N) is 2. The van der Waals surface area contributed by atoms with Crippen LogP contribution in [0.4, 0.5) is 0 Å². The summed E-state index contributed by atoms with van der Waals surface area (Å²) >= 11 is 0. The second-order valence-electron chi connectivity index (χ2n) is 4.56. The second kappa shape index (κ2) is 6.29. The van der Waals surface area contributed by atoms with Crippen LogP contribution in [0.15, 0.2) is 30.3 Å².